The standard InChI is InChI=1S/C10H11N5S2/c1-6(3-11)4-12-8-7-9(14-5-13-8)15-10(16-2)17-7/h5-6H,4H2,1-2H3,(H,12,13,14). The average molecular weight is 265 g/mol. The van der Waals surface area contributed by atoms with Crippen LogP contribution in [0.4, 0.5) is 5.82 Å². The number of aromatic nitrogens is 3. The van der Waals surface area contributed by atoms with Crippen LogP contribution < -0.4 is 5.32 Å². The predicted molar refractivity (Wildman–Crippen MR) is 70.3 cm³/mol. The van der Waals surface area contributed by atoms with Gasteiger partial charge in [0.1, 0.15) is 16.8 Å². The van der Waals surface area contributed by atoms with E-state index in [1.165, 1.54) is 6.33 Å². The van der Waals surface area contributed by atoms with Gasteiger partial charge in [-0.05, 0) is 13.2 Å². The quantitative estimate of drug-likeness (QED) is 0.855. The number of hydrogen-bond donors (Lipinski definition) is 1. The molecule has 7 heteroatoms. The Morgan fingerprint density at radius 1 is 1.59 bits per heavy atom. The zero-order valence-electron chi connectivity index (χ0n) is 9.47. The molecule has 5 nitrogen and oxygen atoms in total. The van der Waals surface area contributed by atoms with Gasteiger partial charge in [-0.3, -0.25) is 0 Å². The fourth-order valence-electron chi connectivity index (χ4n) is 1.24. The van der Waals surface area contributed by atoms with Gasteiger partial charge < -0.3 is 5.32 Å². The average Bonchev–Trinajstić information content (AvgIpc) is 2.79. The van der Waals surface area contributed by atoms with Crippen LogP contribution in [0.2, 0.25) is 0 Å². The summed E-state index contributed by atoms with van der Waals surface area (Å²) in [7, 11) is 0. The van der Waals surface area contributed by atoms with Gasteiger partial charge in [0.2, 0.25) is 0 Å². The van der Waals surface area contributed by atoms with Crippen molar-refractivity contribution < 1.29 is 0 Å². The highest BCUT2D eigenvalue weighted by molar-refractivity contribution is 8.00. The van der Waals surface area contributed by atoms with Crippen molar-refractivity contribution in [3.63, 3.8) is 0 Å². The van der Waals surface area contributed by atoms with Crippen LogP contribution in [0.1, 0.15) is 6.92 Å². The van der Waals surface area contributed by atoms with E-state index < -0.39 is 0 Å². The molecule has 0 saturated heterocycles. The maximum absolute atomic E-state index is 8.73. The maximum Gasteiger partial charge on any atom is 0.176 e. The predicted octanol–water partition coefficient (Wildman–Crippen LogP) is 2.38. The molecule has 0 aliphatic carbocycles. The van der Waals surface area contributed by atoms with Crippen LogP contribution in [0, 0.1) is 17.2 Å². The first-order valence-corrected chi connectivity index (χ1v) is 7.07. The van der Waals surface area contributed by atoms with Crippen LogP contribution in [0.15, 0.2) is 10.7 Å². The lowest BCUT2D eigenvalue weighted by Crippen LogP contribution is -2.10. The van der Waals surface area contributed by atoms with Gasteiger partial charge in [-0.25, -0.2) is 15.0 Å². The topological polar surface area (TPSA) is 74.5 Å². The van der Waals surface area contributed by atoms with E-state index in [2.05, 4.69) is 26.3 Å². The van der Waals surface area contributed by atoms with Crippen molar-refractivity contribution >= 4 is 39.3 Å². The second kappa shape index (κ2) is 5.29. The van der Waals surface area contributed by atoms with Crippen LogP contribution in [-0.2, 0) is 0 Å². The first kappa shape index (κ1) is 12.1. The third-order valence-corrected chi connectivity index (χ3v) is 4.18. The molecule has 0 aromatic carbocycles. The van der Waals surface area contributed by atoms with Crippen LogP contribution in [0.5, 0.6) is 0 Å². The summed E-state index contributed by atoms with van der Waals surface area (Å²) in [6.07, 6.45) is 3.47. The van der Waals surface area contributed by atoms with Crippen molar-refractivity contribution in [3.05, 3.63) is 6.33 Å². The molecule has 0 saturated carbocycles. The molecule has 0 fully saturated rings. The summed E-state index contributed by atoms with van der Waals surface area (Å²) >= 11 is 3.16. The molecule has 1 unspecified atom stereocenters. The van der Waals surface area contributed by atoms with Gasteiger partial charge in [0.15, 0.2) is 9.99 Å². The van der Waals surface area contributed by atoms with Crippen LogP contribution in [-0.4, -0.2) is 27.8 Å². The number of fused-ring (bicyclic) bond motifs is 1. The van der Waals surface area contributed by atoms with Crippen LogP contribution >= 0.6 is 23.1 Å². The zero-order chi connectivity index (χ0) is 12.3. The summed E-state index contributed by atoms with van der Waals surface area (Å²) in [6.45, 7) is 2.44. The van der Waals surface area contributed by atoms with E-state index in [0.717, 1.165) is 14.9 Å². The van der Waals surface area contributed by atoms with Crippen LogP contribution in [0.25, 0.3) is 10.3 Å². The number of thiazole rings is 1. The summed E-state index contributed by atoms with van der Waals surface area (Å²) in [5.74, 6) is 0.711. The van der Waals surface area contributed by atoms with Crippen molar-refractivity contribution in [2.75, 3.05) is 18.1 Å². The molecule has 0 bridgehead atoms. The fraction of sp³-hybridized carbons (Fsp3) is 0.400. The second-order valence-corrected chi connectivity index (χ2v) is 5.52. The largest absolute Gasteiger partial charge is 0.367 e. The lowest BCUT2D eigenvalue weighted by molar-refractivity contribution is 0.784. The zero-order valence-corrected chi connectivity index (χ0v) is 11.1. The summed E-state index contributed by atoms with van der Waals surface area (Å²) in [5, 5.41) is 11.9. The lowest BCUT2D eigenvalue weighted by atomic mass is 10.2. The number of nitrogens with zero attached hydrogens (tertiary/aromatic N) is 4. The normalized spacial score (nSPS) is 12.3. The lowest BCUT2D eigenvalue weighted by Gasteiger charge is -2.05. The molecule has 1 atom stereocenters. The molecule has 2 rings (SSSR count). The van der Waals surface area contributed by atoms with Crippen molar-refractivity contribution in [2.24, 2.45) is 5.92 Å². The Labute approximate surface area is 107 Å². The highest BCUT2D eigenvalue weighted by Crippen LogP contribution is 2.30. The minimum atomic E-state index is -0.0482. The minimum Gasteiger partial charge on any atom is -0.367 e. The molecule has 0 aliphatic rings. The maximum atomic E-state index is 8.73. The molecule has 2 aromatic heterocycles. The van der Waals surface area contributed by atoms with E-state index in [4.69, 9.17) is 5.26 Å². The minimum absolute atomic E-state index is 0.0482. The first-order valence-electron chi connectivity index (χ1n) is 5.03. The SMILES string of the molecule is CSc1nc2ncnc(NCC(C)C#N)c2s1. The molecule has 2 aromatic rings. The monoisotopic (exact) mass is 265 g/mol. The number of hydrogen-bond acceptors (Lipinski definition) is 7. The van der Waals surface area contributed by atoms with E-state index in [0.29, 0.717) is 12.2 Å². The Morgan fingerprint density at radius 3 is 3.12 bits per heavy atom. The third kappa shape index (κ3) is 2.65. The van der Waals surface area contributed by atoms with Gasteiger partial charge in [0.05, 0.1) is 12.0 Å². The van der Waals surface area contributed by atoms with Crippen molar-refractivity contribution in [2.45, 2.75) is 11.3 Å². The Balaban J connectivity index is 2.28. The molecule has 1 N–H and O–H groups in total. The number of anilines is 1. The number of thioether (sulfide) groups is 1. The highest BCUT2D eigenvalue weighted by Gasteiger charge is 2.10. The van der Waals surface area contributed by atoms with E-state index in [1.54, 1.807) is 23.1 Å². The number of nitriles is 1. The van der Waals surface area contributed by atoms with Crippen molar-refractivity contribution in [1.29, 1.82) is 5.26 Å². The van der Waals surface area contributed by atoms with E-state index in [-0.39, 0.29) is 5.92 Å². The molecule has 0 spiro atoms. The summed E-state index contributed by atoms with van der Waals surface area (Å²) in [6, 6.07) is 2.18. The smallest absolute Gasteiger partial charge is 0.176 e. The molecule has 2 heterocycles. The third-order valence-electron chi connectivity index (χ3n) is 2.14. The first-order chi connectivity index (χ1) is 8.24. The van der Waals surface area contributed by atoms with Gasteiger partial charge in [0.25, 0.3) is 0 Å². The fourth-order valence-corrected chi connectivity index (χ4v) is 2.72. The summed E-state index contributed by atoms with van der Waals surface area (Å²) in [5.41, 5.74) is 0.710. The number of rotatable bonds is 4. The van der Waals surface area contributed by atoms with E-state index >= 15 is 0 Å². The molecule has 0 aliphatic heterocycles. The Morgan fingerprint density at radius 2 is 2.41 bits per heavy atom. The molecule has 17 heavy (non-hydrogen) atoms. The van der Waals surface area contributed by atoms with Crippen molar-refractivity contribution in [3.8, 4) is 6.07 Å². The Hall–Kier alpha value is -1.39. The van der Waals surface area contributed by atoms with E-state index in [1.807, 2.05) is 13.2 Å². The second-order valence-electron chi connectivity index (χ2n) is 3.47. The molecular formula is C10H11N5S2. The Kier molecular flexibility index (Phi) is 3.76. The van der Waals surface area contributed by atoms with Gasteiger partial charge >= 0.3 is 0 Å². The van der Waals surface area contributed by atoms with E-state index in [9.17, 15) is 0 Å². The van der Waals surface area contributed by atoms with Gasteiger partial charge in [-0.1, -0.05) is 11.8 Å². The molecule has 0 radical (unpaired) electrons. The van der Waals surface area contributed by atoms with Gasteiger partial charge in [-0.2, -0.15) is 5.26 Å². The molecular weight excluding hydrogens is 254 g/mol. The molecule has 0 amide bonds. The highest BCUT2D eigenvalue weighted by atomic mass is 32.2. The molecule has 88 valence electrons. The van der Waals surface area contributed by atoms with Gasteiger partial charge in [0, 0.05) is 6.54 Å². The van der Waals surface area contributed by atoms with Crippen LogP contribution in [0.3, 0.4) is 0 Å². The summed E-state index contributed by atoms with van der Waals surface area (Å²) in [4.78, 5) is 12.7. The van der Waals surface area contributed by atoms with Gasteiger partial charge in [-0.15, -0.1) is 11.3 Å². The summed E-state index contributed by atoms with van der Waals surface area (Å²) < 4.78 is 1.92. The van der Waals surface area contributed by atoms with Crippen molar-refractivity contribution in [1.82, 2.24) is 15.0 Å². The Bertz CT molecular complexity index is 559. The number of nitrogens with one attached hydrogen (secondary N) is 1.